The van der Waals surface area contributed by atoms with E-state index in [0.717, 1.165) is 19.4 Å². The number of aliphatic hydroxyl groups is 3. The zero-order chi connectivity index (χ0) is 13.8. The molecular formula is C15H23NO3. The summed E-state index contributed by atoms with van der Waals surface area (Å²) in [6, 6.07) is 10.2. The third kappa shape index (κ3) is 3.54. The van der Waals surface area contributed by atoms with Gasteiger partial charge in [-0.05, 0) is 31.9 Å². The van der Waals surface area contributed by atoms with E-state index < -0.39 is 18.3 Å². The van der Waals surface area contributed by atoms with Crippen LogP contribution in [0.3, 0.4) is 0 Å². The second-order valence-electron chi connectivity index (χ2n) is 5.37. The molecule has 1 aliphatic heterocycles. The van der Waals surface area contributed by atoms with Gasteiger partial charge in [-0.15, -0.1) is 0 Å². The lowest BCUT2D eigenvalue weighted by atomic mass is 9.94. The highest BCUT2D eigenvalue weighted by Crippen LogP contribution is 2.19. The van der Waals surface area contributed by atoms with Gasteiger partial charge in [0, 0.05) is 12.6 Å². The van der Waals surface area contributed by atoms with Gasteiger partial charge in [-0.1, -0.05) is 30.3 Å². The quantitative estimate of drug-likeness (QED) is 0.737. The van der Waals surface area contributed by atoms with E-state index in [1.54, 1.807) is 0 Å². The first-order chi connectivity index (χ1) is 9.09. The Kier molecular flexibility index (Phi) is 4.93. The molecule has 1 saturated heterocycles. The maximum Gasteiger partial charge on any atom is 0.108 e. The molecule has 0 radical (unpaired) electrons. The smallest absolute Gasteiger partial charge is 0.108 e. The molecule has 0 bridgehead atoms. The van der Waals surface area contributed by atoms with Crippen molar-refractivity contribution >= 4 is 0 Å². The summed E-state index contributed by atoms with van der Waals surface area (Å²) in [6.45, 7) is 3.13. The maximum atomic E-state index is 9.85. The van der Waals surface area contributed by atoms with Crippen molar-refractivity contribution in [3.8, 4) is 0 Å². The Morgan fingerprint density at radius 3 is 2.47 bits per heavy atom. The third-order valence-electron chi connectivity index (χ3n) is 3.99. The highest BCUT2D eigenvalue weighted by molar-refractivity contribution is 5.14. The molecule has 4 heteroatoms. The number of rotatable bonds is 4. The third-order valence-corrected chi connectivity index (χ3v) is 3.99. The predicted molar refractivity (Wildman–Crippen MR) is 73.8 cm³/mol. The molecule has 0 saturated carbocycles. The van der Waals surface area contributed by atoms with Crippen molar-refractivity contribution in [3.05, 3.63) is 35.9 Å². The van der Waals surface area contributed by atoms with Gasteiger partial charge in [0.2, 0.25) is 0 Å². The summed E-state index contributed by atoms with van der Waals surface area (Å²) in [5.41, 5.74) is 1.30. The summed E-state index contributed by atoms with van der Waals surface area (Å²) < 4.78 is 0. The van der Waals surface area contributed by atoms with Crippen molar-refractivity contribution < 1.29 is 15.3 Å². The Morgan fingerprint density at radius 2 is 1.79 bits per heavy atom. The number of aliphatic hydroxyl groups excluding tert-OH is 3. The van der Waals surface area contributed by atoms with Crippen LogP contribution in [-0.4, -0.2) is 57.7 Å². The van der Waals surface area contributed by atoms with Crippen LogP contribution in [0.5, 0.6) is 0 Å². The first-order valence-corrected chi connectivity index (χ1v) is 6.92. The molecule has 2 rings (SSSR count). The first-order valence-electron chi connectivity index (χ1n) is 6.92. The SMILES string of the molecule is C[C@@H]1[C@@H](O)[C@H](O)[C@@H](O)CN1CCCc1ccccc1. The number of benzene rings is 1. The van der Waals surface area contributed by atoms with Crippen LogP contribution in [0.25, 0.3) is 0 Å². The molecule has 0 amide bonds. The van der Waals surface area contributed by atoms with Crippen molar-refractivity contribution in [2.45, 2.75) is 44.1 Å². The highest BCUT2D eigenvalue weighted by atomic mass is 16.4. The van der Waals surface area contributed by atoms with E-state index in [2.05, 4.69) is 12.1 Å². The average molecular weight is 265 g/mol. The monoisotopic (exact) mass is 265 g/mol. The first kappa shape index (κ1) is 14.5. The Balaban J connectivity index is 1.82. The standard InChI is InChI=1S/C15H23NO3/c1-11-14(18)15(19)13(17)10-16(11)9-5-8-12-6-3-2-4-7-12/h2-4,6-7,11,13-15,17-19H,5,8-10H2,1H3/t11-,13+,14-,15-/m1/s1. The van der Waals surface area contributed by atoms with Crippen LogP contribution in [0.2, 0.25) is 0 Å². The molecule has 0 aliphatic carbocycles. The number of likely N-dealkylation sites (tertiary alicyclic amines) is 1. The second kappa shape index (κ2) is 6.48. The summed E-state index contributed by atoms with van der Waals surface area (Å²) in [7, 11) is 0. The van der Waals surface area contributed by atoms with Gasteiger partial charge in [0.25, 0.3) is 0 Å². The van der Waals surface area contributed by atoms with Crippen LogP contribution in [0.4, 0.5) is 0 Å². The van der Waals surface area contributed by atoms with Gasteiger partial charge in [-0.2, -0.15) is 0 Å². The topological polar surface area (TPSA) is 63.9 Å². The minimum absolute atomic E-state index is 0.117. The highest BCUT2D eigenvalue weighted by Gasteiger charge is 2.38. The Hall–Kier alpha value is -0.940. The number of piperidine rings is 1. The van der Waals surface area contributed by atoms with Crippen molar-refractivity contribution in [1.82, 2.24) is 4.90 Å². The summed E-state index contributed by atoms with van der Waals surface area (Å²) in [4.78, 5) is 2.05. The summed E-state index contributed by atoms with van der Waals surface area (Å²) >= 11 is 0. The van der Waals surface area contributed by atoms with Crippen LogP contribution in [0.15, 0.2) is 30.3 Å². The second-order valence-corrected chi connectivity index (χ2v) is 5.37. The molecule has 3 N–H and O–H groups in total. The van der Waals surface area contributed by atoms with Gasteiger partial charge in [0.1, 0.15) is 6.10 Å². The minimum Gasteiger partial charge on any atom is -0.389 e. The maximum absolute atomic E-state index is 9.85. The van der Waals surface area contributed by atoms with Crippen molar-refractivity contribution in [1.29, 1.82) is 0 Å². The van der Waals surface area contributed by atoms with E-state index in [4.69, 9.17) is 0 Å². The lowest BCUT2D eigenvalue weighted by Crippen LogP contribution is -2.60. The van der Waals surface area contributed by atoms with Crippen LogP contribution >= 0.6 is 0 Å². The van der Waals surface area contributed by atoms with Crippen LogP contribution in [-0.2, 0) is 6.42 Å². The molecule has 4 atom stereocenters. The van der Waals surface area contributed by atoms with E-state index in [9.17, 15) is 15.3 Å². The normalized spacial score (nSPS) is 32.4. The molecule has 19 heavy (non-hydrogen) atoms. The van der Waals surface area contributed by atoms with E-state index in [-0.39, 0.29) is 6.04 Å². The Morgan fingerprint density at radius 1 is 1.11 bits per heavy atom. The predicted octanol–water partition coefficient (Wildman–Crippen LogP) is 0.406. The van der Waals surface area contributed by atoms with Crippen LogP contribution < -0.4 is 0 Å². The number of aryl methyl sites for hydroxylation is 1. The minimum atomic E-state index is -1.03. The van der Waals surface area contributed by atoms with Gasteiger partial charge < -0.3 is 15.3 Å². The fraction of sp³-hybridized carbons (Fsp3) is 0.600. The van der Waals surface area contributed by atoms with Gasteiger partial charge in [-0.3, -0.25) is 4.90 Å². The van der Waals surface area contributed by atoms with Gasteiger partial charge >= 0.3 is 0 Å². The van der Waals surface area contributed by atoms with Crippen LogP contribution in [0.1, 0.15) is 18.9 Å². The lowest BCUT2D eigenvalue weighted by molar-refractivity contribution is -0.133. The van der Waals surface area contributed by atoms with E-state index in [0.29, 0.717) is 6.54 Å². The molecule has 106 valence electrons. The summed E-state index contributed by atoms with van der Waals surface area (Å²) in [6.07, 6.45) is -0.799. The number of hydrogen-bond donors (Lipinski definition) is 3. The zero-order valence-corrected chi connectivity index (χ0v) is 11.3. The average Bonchev–Trinajstić information content (AvgIpc) is 2.43. The van der Waals surface area contributed by atoms with E-state index in [1.165, 1.54) is 5.56 Å². The number of hydrogen-bond acceptors (Lipinski definition) is 4. The molecule has 1 aromatic carbocycles. The molecular weight excluding hydrogens is 242 g/mol. The van der Waals surface area contributed by atoms with Gasteiger partial charge in [0.05, 0.1) is 12.2 Å². The molecule has 1 aromatic rings. The van der Waals surface area contributed by atoms with E-state index in [1.807, 2.05) is 30.0 Å². The Labute approximate surface area is 114 Å². The molecule has 0 aromatic heterocycles. The summed E-state index contributed by atoms with van der Waals surface area (Å²) in [5.74, 6) is 0. The largest absolute Gasteiger partial charge is 0.389 e. The molecule has 1 heterocycles. The fourth-order valence-corrected chi connectivity index (χ4v) is 2.67. The lowest BCUT2D eigenvalue weighted by Gasteiger charge is -2.42. The molecule has 1 aliphatic rings. The Bertz CT molecular complexity index is 384. The molecule has 1 fully saturated rings. The number of β-amino-alcohol motifs (C(OH)–C–C–N with tert-alkyl or cyclic N) is 1. The van der Waals surface area contributed by atoms with Crippen LogP contribution in [0, 0.1) is 0 Å². The van der Waals surface area contributed by atoms with Crippen molar-refractivity contribution in [2.75, 3.05) is 13.1 Å². The molecule has 4 nitrogen and oxygen atoms in total. The fourth-order valence-electron chi connectivity index (χ4n) is 2.67. The zero-order valence-electron chi connectivity index (χ0n) is 11.3. The van der Waals surface area contributed by atoms with Gasteiger partial charge in [0.15, 0.2) is 0 Å². The van der Waals surface area contributed by atoms with Crippen molar-refractivity contribution in [3.63, 3.8) is 0 Å². The van der Waals surface area contributed by atoms with Gasteiger partial charge in [-0.25, -0.2) is 0 Å². The summed E-state index contributed by atoms with van der Waals surface area (Å²) in [5, 5.41) is 29.2. The molecule has 0 spiro atoms. The molecule has 0 unspecified atom stereocenters. The van der Waals surface area contributed by atoms with E-state index >= 15 is 0 Å². The number of nitrogens with zero attached hydrogens (tertiary/aromatic N) is 1. The van der Waals surface area contributed by atoms with Crippen molar-refractivity contribution in [2.24, 2.45) is 0 Å².